The van der Waals surface area contributed by atoms with Crippen LogP contribution in [-0.2, 0) is 0 Å². The van der Waals surface area contributed by atoms with Crippen molar-refractivity contribution in [3.63, 3.8) is 0 Å². The second kappa shape index (κ2) is 11.3. The fraction of sp³-hybridized carbons (Fsp3) is 1.00. The molecular formula is C11H23ClO2. The quantitative estimate of drug-likeness (QED) is 0.441. The molecule has 86 valence electrons. The second-order valence-corrected chi connectivity index (χ2v) is 4.38. The van der Waals surface area contributed by atoms with Gasteiger partial charge in [-0.3, -0.25) is 0 Å². The molecule has 0 amide bonds. The number of hydrogen-bond acceptors (Lipinski definition) is 2. The number of hydrogen-bond donors (Lipinski definition) is 2. The summed E-state index contributed by atoms with van der Waals surface area (Å²) < 4.78 is 0. The molecule has 0 aliphatic rings. The molecule has 0 heterocycles. The molecule has 0 fully saturated rings. The predicted octanol–water partition coefficient (Wildman–Crippen LogP) is 2.70. The lowest BCUT2D eigenvalue weighted by molar-refractivity contribution is 0.281. The first-order valence-corrected chi connectivity index (χ1v) is 6.10. The third-order valence-electron chi connectivity index (χ3n) is 2.37. The van der Waals surface area contributed by atoms with Crippen LogP contribution in [0.3, 0.4) is 0 Å². The summed E-state index contributed by atoms with van der Waals surface area (Å²) in [5.41, 5.74) is 0. The zero-order chi connectivity index (χ0) is 10.6. The van der Waals surface area contributed by atoms with Gasteiger partial charge in [0.1, 0.15) is 0 Å². The Hall–Kier alpha value is 0.210. The van der Waals surface area contributed by atoms with Crippen molar-refractivity contribution in [2.75, 3.05) is 13.2 Å². The first-order chi connectivity index (χ1) is 6.81. The van der Waals surface area contributed by atoms with Crippen LogP contribution in [0.5, 0.6) is 0 Å². The summed E-state index contributed by atoms with van der Waals surface area (Å²) in [7, 11) is 0. The molecule has 1 atom stereocenters. The number of halogens is 1. The fourth-order valence-corrected chi connectivity index (χ4v) is 1.61. The molecule has 3 heteroatoms. The van der Waals surface area contributed by atoms with Crippen molar-refractivity contribution in [1.29, 1.82) is 0 Å². The van der Waals surface area contributed by atoms with Crippen LogP contribution in [0.4, 0.5) is 0 Å². The standard InChI is InChI=1S/C11H23ClO2/c12-11(10-14)8-6-4-2-1-3-5-7-9-13/h11,13-14H,1-10H2. The van der Waals surface area contributed by atoms with Crippen LogP contribution in [0.25, 0.3) is 0 Å². The van der Waals surface area contributed by atoms with Gasteiger partial charge in [0.05, 0.1) is 12.0 Å². The summed E-state index contributed by atoms with van der Waals surface area (Å²) in [4.78, 5) is 0. The maximum atomic E-state index is 8.68. The fourth-order valence-electron chi connectivity index (χ4n) is 1.45. The maximum Gasteiger partial charge on any atom is 0.0595 e. The minimum Gasteiger partial charge on any atom is -0.396 e. The van der Waals surface area contributed by atoms with E-state index in [-0.39, 0.29) is 12.0 Å². The van der Waals surface area contributed by atoms with Gasteiger partial charge in [-0.2, -0.15) is 0 Å². The van der Waals surface area contributed by atoms with E-state index in [2.05, 4.69) is 0 Å². The Bertz CT molecular complexity index is 109. The van der Waals surface area contributed by atoms with E-state index in [1.165, 1.54) is 25.7 Å². The van der Waals surface area contributed by atoms with Gasteiger partial charge < -0.3 is 10.2 Å². The van der Waals surface area contributed by atoms with Gasteiger partial charge >= 0.3 is 0 Å². The second-order valence-electron chi connectivity index (χ2n) is 3.77. The monoisotopic (exact) mass is 222 g/mol. The molecule has 0 saturated heterocycles. The normalized spacial score (nSPS) is 13.1. The lowest BCUT2D eigenvalue weighted by Gasteiger charge is -2.04. The summed E-state index contributed by atoms with van der Waals surface area (Å²) in [5.74, 6) is 0. The number of unbranched alkanes of at least 4 members (excludes halogenated alkanes) is 6. The minimum absolute atomic E-state index is 0.0515. The molecule has 2 N–H and O–H groups in total. The molecule has 2 nitrogen and oxygen atoms in total. The van der Waals surface area contributed by atoms with Crippen molar-refractivity contribution in [3.05, 3.63) is 0 Å². The van der Waals surface area contributed by atoms with Crippen molar-refractivity contribution in [1.82, 2.24) is 0 Å². The third kappa shape index (κ3) is 10.3. The van der Waals surface area contributed by atoms with Gasteiger partial charge in [0.15, 0.2) is 0 Å². The van der Waals surface area contributed by atoms with Gasteiger partial charge in [-0.25, -0.2) is 0 Å². The summed E-state index contributed by atoms with van der Waals surface area (Å²) in [6.45, 7) is 0.419. The lowest BCUT2D eigenvalue weighted by atomic mass is 10.1. The van der Waals surface area contributed by atoms with Crippen LogP contribution in [-0.4, -0.2) is 28.8 Å². The molecule has 1 unspecified atom stereocenters. The zero-order valence-corrected chi connectivity index (χ0v) is 9.68. The van der Waals surface area contributed by atoms with Crippen LogP contribution in [0, 0.1) is 0 Å². The number of aliphatic hydroxyl groups is 2. The van der Waals surface area contributed by atoms with Crippen molar-refractivity contribution in [2.24, 2.45) is 0 Å². The van der Waals surface area contributed by atoms with E-state index in [1.807, 2.05) is 0 Å². The highest BCUT2D eigenvalue weighted by Crippen LogP contribution is 2.11. The van der Waals surface area contributed by atoms with Crippen LogP contribution in [0.2, 0.25) is 0 Å². The lowest BCUT2D eigenvalue weighted by Crippen LogP contribution is -2.03. The third-order valence-corrected chi connectivity index (χ3v) is 2.73. The summed E-state index contributed by atoms with van der Waals surface area (Å²) in [6.07, 6.45) is 9.07. The van der Waals surface area contributed by atoms with Crippen LogP contribution in [0.15, 0.2) is 0 Å². The van der Waals surface area contributed by atoms with Crippen molar-refractivity contribution in [2.45, 2.75) is 56.7 Å². The highest BCUT2D eigenvalue weighted by atomic mass is 35.5. The smallest absolute Gasteiger partial charge is 0.0595 e. The Labute approximate surface area is 92.3 Å². The Morgan fingerprint density at radius 3 is 1.79 bits per heavy atom. The van der Waals surface area contributed by atoms with E-state index < -0.39 is 0 Å². The van der Waals surface area contributed by atoms with Gasteiger partial charge in [0.25, 0.3) is 0 Å². The number of rotatable bonds is 10. The molecule has 0 aromatic rings. The Balaban J connectivity index is 2.92. The van der Waals surface area contributed by atoms with E-state index >= 15 is 0 Å². The number of alkyl halides is 1. The molecule has 0 aromatic heterocycles. The largest absolute Gasteiger partial charge is 0.396 e. The molecular weight excluding hydrogens is 200 g/mol. The van der Waals surface area contributed by atoms with Gasteiger partial charge in [0.2, 0.25) is 0 Å². The van der Waals surface area contributed by atoms with Crippen molar-refractivity contribution < 1.29 is 10.2 Å². The molecule has 14 heavy (non-hydrogen) atoms. The van der Waals surface area contributed by atoms with Gasteiger partial charge in [-0.05, 0) is 12.8 Å². The first kappa shape index (κ1) is 14.2. The Morgan fingerprint density at radius 1 is 0.786 bits per heavy atom. The van der Waals surface area contributed by atoms with E-state index in [1.54, 1.807) is 0 Å². The number of aliphatic hydroxyl groups excluding tert-OH is 2. The molecule has 0 aliphatic carbocycles. The van der Waals surface area contributed by atoms with Crippen LogP contribution in [0.1, 0.15) is 51.4 Å². The average molecular weight is 223 g/mol. The molecule has 0 saturated carbocycles. The maximum absolute atomic E-state index is 8.68. The highest BCUT2D eigenvalue weighted by Gasteiger charge is 2.00. The van der Waals surface area contributed by atoms with Crippen LogP contribution >= 0.6 is 11.6 Å². The van der Waals surface area contributed by atoms with Crippen LogP contribution < -0.4 is 0 Å². The average Bonchev–Trinajstić information content (AvgIpc) is 2.21. The first-order valence-electron chi connectivity index (χ1n) is 5.67. The summed E-state index contributed by atoms with van der Waals surface area (Å²) in [6, 6.07) is 0. The summed E-state index contributed by atoms with van der Waals surface area (Å²) >= 11 is 5.77. The van der Waals surface area contributed by atoms with Gasteiger partial charge in [-0.15, -0.1) is 11.6 Å². The van der Waals surface area contributed by atoms with Crippen molar-refractivity contribution in [3.8, 4) is 0 Å². The van der Waals surface area contributed by atoms with E-state index in [4.69, 9.17) is 21.8 Å². The molecule has 0 bridgehead atoms. The zero-order valence-electron chi connectivity index (χ0n) is 8.92. The SMILES string of the molecule is OCCCCCCCCCC(Cl)CO. The predicted molar refractivity (Wildman–Crippen MR) is 60.7 cm³/mol. The van der Waals surface area contributed by atoms with E-state index in [9.17, 15) is 0 Å². The summed E-state index contributed by atoms with van der Waals surface area (Å²) in [5, 5.41) is 17.2. The highest BCUT2D eigenvalue weighted by molar-refractivity contribution is 6.20. The van der Waals surface area contributed by atoms with Gasteiger partial charge in [-0.1, -0.05) is 38.5 Å². The van der Waals surface area contributed by atoms with Gasteiger partial charge in [0, 0.05) is 6.61 Å². The molecule has 0 aliphatic heterocycles. The molecule has 0 aromatic carbocycles. The Morgan fingerprint density at radius 2 is 1.29 bits per heavy atom. The molecule has 0 spiro atoms. The topological polar surface area (TPSA) is 40.5 Å². The minimum atomic E-state index is -0.0515. The molecule has 0 radical (unpaired) electrons. The van der Waals surface area contributed by atoms with E-state index in [0.717, 1.165) is 25.7 Å². The van der Waals surface area contributed by atoms with E-state index in [0.29, 0.717) is 6.61 Å². The Kier molecular flexibility index (Phi) is 11.5. The van der Waals surface area contributed by atoms with Crippen molar-refractivity contribution >= 4 is 11.6 Å². The molecule has 0 rings (SSSR count).